The number of carbonyl (C=O) groups is 1. The molecule has 94 valence electrons. The first-order valence-corrected chi connectivity index (χ1v) is 5.60. The van der Waals surface area contributed by atoms with Gasteiger partial charge < -0.3 is 9.47 Å². The Labute approximate surface area is 99.8 Å². The van der Waals surface area contributed by atoms with Gasteiger partial charge in [-0.15, -0.1) is 0 Å². The molecule has 5 heteroatoms. The number of hydrogen-bond donors (Lipinski definition) is 0. The van der Waals surface area contributed by atoms with Crippen molar-refractivity contribution in [2.75, 3.05) is 19.8 Å². The maximum absolute atomic E-state index is 12.5. The van der Waals surface area contributed by atoms with Crippen LogP contribution >= 0.6 is 0 Å². The van der Waals surface area contributed by atoms with Crippen LogP contribution in [0.4, 0.5) is 4.39 Å². The van der Waals surface area contributed by atoms with Crippen LogP contribution in [0.25, 0.3) is 0 Å². The summed E-state index contributed by atoms with van der Waals surface area (Å²) >= 11 is 0. The molecule has 0 atom stereocenters. The Morgan fingerprint density at radius 1 is 1.35 bits per heavy atom. The third-order valence-electron chi connectivity index (χ3n) is 2.07. The summed E-state index contributed by atoms with van der Waals surface area (Å²) in [6.45, 7) is 3.32. The number of nitrogens with zero attached hydrogens (tertiary/aromatic N) is 1. The second-order valence-corrected chi connectivity index (χ2v) is 3.47. The predicted octanol–water partition coefficient (Wildman–Crippen LogP) is 2.19. The van der Waals surface area contributed by atoms with E-state index in [-0.39, 0.29) is 12.2 Å². The van der Waals surface area contributed by atoms with Gasteiger partial charge in [-0.2, -0.15) is 4.39 Å². The lowest BCUT2D eigenvalue weighted by Crippen LogP contribution is -2.11. The molecule has 0 aliphatic rings. The van der Waals surface area contributed by atoms with E-state index in [9.17, 15) is 9.18 Å². The van der Waals surface area contributed by atoms with Gasteiger partial charge >= 0.3 is 5.97 Å². The van der Waals surface area contributed by atoms with Crippen molar-refractivity contribution in [1.29, 1.82) is 0 Å². The molecule has 0 amide bonds. The van der Waals surface area contributed by atoms with Crippen LogP contribution in [-0.2, 0) is 9.47 Å². The van der Waals surface area contributed by atoms with Gasteiger partial charge in [0.25, 0.3) is 0 Å². The molecule has 1 rings (SSSR count). The first kappa shape index (κ1) is 13.6. The SMILES string of the molecule is CCCCOCCOC(=O)c1ccc(F)nc1. The Morgan fingerprint density at radius 2 is 2.18 bits per heavy atom. The van der Waals surface area contributed by atoms with E-state index < -0.39 is 11.9 Å². The summed E-state index contributed by atoms with van der Waals surface area (Å²) < 4.78 is 22.6. The van der Waals surface area contributed by atoms with E-state index in [2.05, 4.69) is 11.9 Å². The lowest BCUT2D eigenvalue weighted by Gasteiger charge is -2.05. The minimum atomic E-state index is -0.621. The zero-order valence-corrected chi connectivity index (χ0v) is 9.82. The third-order valence-corrected chi connectivity index (χ3v) is 2.07. The Bertz CT molecular complexity index is 340. The number of carbonyl (C=O) groups excluding carboxylic acids is 1. The molecule has 1 aromatic rings. The highest BCUT2D eigenvalue weighted by Crippen LogP contribution is 2.01. The number of pyridine rings is 1. The Hall–Kier alpha value is -1.49. The fourth-order valence-electron chi connectivity index (χ4n) is 1.12. The second-order valence-electron chi connectivity index (χ2n) is 3.47. The minimum Gasteiger partial charge on any atom is -0.460 e. The quantitative estimate of drug-likeness (QED) is 0.417. The highest BCUT2D eigenvalue weighted by Gasteiger charge is 2.07. The van der Waals surface area contributed by atoms with Crippen LogP contribution in [0.2, 0.25) is 0 Å². The van der Waals surface area contributed by atoms with Crippen LogP contribution < -0.4 is 0 Å². The van der Waals surface area contributed by atoms with E-state index in [1.54, 1.807) is 0 Å². The van der Waals surface area contributed by atoms with Crippen LogP contribution in [0.15, 0.2) is 18.3 Å². The summed E-state index contributed by atoms with van der Waals surface area (Å²) in [7, 11) is 0. The van der Waals surface area contributed by atoms with Crippen molar-refractivity contribution in [2.45, 2.75) is 19.8 Å². The van der Waals surface area contributed by atoms with Gasteiger partial charge in [-0.25, -0.2) is 9.78 Å². The molecular weight excluding hydrogens is 225 g/mol. The zero-order chi connectivity index (χ0) is 12.5. The smallest absolute Gasteiger partial charge is 0.339 e. The molecule has 0 fully saturated rings. The van der Waals surface area contributed by atoms with Gasteiger partial charge in [0.1, 0.15) is 6.61 Å². The molecule has 0 aliphatic heterocycles. The van der Waals surface area contributed by atoms with E-state index in [0.717, 1.165) is 25.1 Å². The van der Waals surface area contributed by atoms with Crippen molar-refractivity contribution < 1.29 is 18.7 Å². The van der Waals surface area contributed by atoms with Gasteiger partial charge in [0.15, 0.2) is 0 Å². The van der Waals surface area contributed by atoms with Gasteiger partial charge in [0, 0.05) is 12.8 Å². The van der Waals surface area contributed by atoms with Crippen molar-refractivity contribution in [3.05, 3.63) is 29.8 Å². The minimum absolute atomic E-state index is 0.194. The summed E-state index contributed by atoms with van der Waals surface area (Å²) in [5, 5.41) is 0. The maximum Gasteiger partial charge on any atom is 0.339 e. The Morgan fingerprint density at radius 3 is 2.82 bits per heavy atom. The molecule has 0 saturated heterocycles. The van der Waals surface area contributed by atoms with E-state index in [0.29, 0.717) is 13.2 Å². The number of hydrogen-bond acceptors (Lipinski definition) is 4. The van der Waals surface area contributed by atoms with Gasteiger partial charge in [-0.05, 0) is 18.6 Å². The fourth-order valence-corrected chi connectivity index (χ4v) is 1.12. The summed E-state index contributed by atoms with van der Waals surface area (Å²) in [6.07, 6.45) is 3.21. The van der Waals surface area contributed by atoms with Gasteiger partial charge in [0.05, 0.1) is 12.2 Å². The number of halogens is 1. The van der Waals surface area contributed by atoms with Crippen molar-refractivity contribution in [1.82, 2.24) is 4.98 Å². The summed E-state index contributed by atoms with van der Waals surface area (Å²) in [6, 6.07) is 2.46. The topological polar surface area (TPSA) is 48.4 Å². The Kier molecular flexibility index (Phi) is 6.17. The van der Waals surface area contributed by atoms with Crippen LogP contribution in [0.3, 0.4) is 0 Å². The summed E-state index contributed by atoms with van der Waals surface area (Å²) in [5.41, 5.74) is 0.236. The van der Waals surface area contributed by atoms with Gasteiger partial charge in [-0.3, -0.25) is 0 Å². The average Bonchev–Trinajstić information content (AvgIpc) is 2.34. The van der Waals surface area contributed by atoms with E-state index in [1.807, 2.05) is 0 Å². The largest absolute Gasteiger partial charge is 0.460 e. The van der Waals surface area contributed by atoms with Crippen molar-refractivity contribution in [3.63, 3.8) is 0 Å². The predicted molar refractivity (Wildman–Crippen MR) is 60.2 cm³/mol. The number of rotatable bonds is 7. The molecule has 0 aliphatic carbocycles. The highest BCUT2D eigenvalue weighted by molar-refractivity contribution is 5.88. The molecule has 1 heterocycles. The molecule has 0 spiro atoms. The molecule has 17 heavy (non-hydrogen) atoms. The molecule has 0 radical (unpaired) electrons. The molecule has 0 aromatic carbocycles. The van der Waals surface area contributed by atoms with Gasteiger partial charge in [0.2, 0.25) is 5.95 Å². The number of ether oxygens (including phenoxy) is 2. The van der Waals surface area contributed by atoms with Crippen molar-refractivity contribution in [2.24, 2.45) is 0 Å². The van der Waals surface area contributed by atoms with Crippen molar-refractivity contribution in [3.8, 4) is 0 Å². The van der Waals surface area contributed by atoms with E-state index in [4.69, 9.17) is 9.47 Å². The number of unbranched alkanes of at least 4 members (excludes halogenated alkanes) is 1. The molecule has 4 nitrogen and oxygen atoms in total. The lowest BCUT2D eigenvalue weighted by molar-refractivity contribution is 0.0313. The molecular formula is C12H16FNO3. The van der Waals surface area contributed by atoms with E-state index >= 15 is 0 Å². The highest BCUT2D eigenvalue weighted by atomic mass is 19.1. The monoisotopic (exact) mass is 241 g/mol. The van der Waals surface area contributed by atoms with Gasteiger partial charge in [-0.1, -0.05) is 13.3 Å². The Balaban J connectivity index is 2.19. The molecule has 0 saturated carbocycles. The molecule has 0 unspecified atom stereocenters. The number of aromatic nitrogens is 1. The second kappa shape index (κ2) is 7.73. The number of esters is 1. The zero-order valence-electron chi connectivity index (χ0n) is 9.82. The molecule has 0 bridgehead atoms. The van der Waals surface area contributed by atoms with Crippen LogP contribution in [0, 0.1) is 5.95 Å². The molecule has 0 N–H and O–H groups in total. The third kappa shape index (κ3) is 5.40. The summed E-state index contributed by atoms with van der Waals surface area (Å²) in [5.74, 6) is -1.14. The molecule has 1 aromatic heterocycles. The lowest BCUT2D eigenvalue weighted by atomic mass is 10.3. The first-order chi connectivity index (χ1) is 8.24. The van der Waals surface area contributed by atoms with Crippen LogP contribution in [0.5, 0.6) is 0 Å². The van der Waals surface area contributed by atoms with Crippen LogP contribution in [-0.4, -0.2) is 30.8 Å². The average molecular weight is 241 g/mol. The van der Waals surface area contributed by atoms with E-state index in [1.165, 1.54) is 6.07 Å². The first-order valence-electron chi connectivity index (χ1n) is 5.60. The normalized spacial score (nSPS) is 10.2. The maximum atomic E-state index is 12.5. The standard InChI is InChI=1S/C12H16FNO3/c1-2-3-6-16-7-8-17-12(15)10-4-5-11(13)14-9-10/h4-5,9H,2-3,6-8H2,1H3. The van der Waals surface area contributed by atoms with Crippen LogP contribution in [0.1, 0.15) is 30.1 Å². The fraction of sp³-hybridized carbons (Fsp3) is 0.500. The van der Waals surface area contributed by atoms with Crippen molar-refractivity contribution >= 4 is 5.97 Å². The summed E-state index contributed by atoms with van der Waals surface area (Å²) in [4.78, 5) is 14.8.